The molecule has 1 aliphatic heterocycles. The van der Waals surface area contributed by atoms with E-state index < -0.39 is 5.82 Å². The highest BCUT2D eigenvalue weighted by Crippen LogP contribution is 2.27. The Balaban J connectivity index is 1.60. The fourth-order valence-corrected chi connectivity index (χ4v) is 3.37. The SMILES string of the molecule is CCOC(=O)CC1CCN(c2ccc(-c3ccc(C=O)c(F)c3)cn2)CC1. The molecule has 1 aromatic carbocycles. The second-order valence-electron chi connectivity index (χ2n) is 6.70. The Bertz CT molecular complexity index is 800. The molecule has 0 saturated carbocycles. The number of hydrogen-bond donors (Lipinski definition) is 0. The first-order chi connectivity index (χ1) is 13.1. The maximum Gasteiger partial charge on any atom is 0.306 e. The van der Waals surface area contributed by atoms with Crippen LogP contribution in [0.2, 0.25) is 0 Å². The van der Waals surface area contributed by atoms with E-state index in [2.05, 4.69) is 9.88 Å². The van der Waals surface area contributed by atoms with Crippen LogP contribution in [-0.2, 0) is 9.53 Å². The zero-order valence-corrected chi connectivity index (χ0v) is 15.4. The molecule has 0 aliphatic carbocycles. The van der Waals surface area contributed by atoms with E-state index in [-0.39, 0.29) is 11.5 Å². The van der Waals surface area contributed by atoms with Crippen molar-refractivity contribution < 1.29 is 18.7 Å². The van der Waals surface area contributed by atoms with E-state index in [1.807, 2.05) is 19.1 Å². The number of nitrogens with zero attached hydrogens (tertiary/aromatic N) is 2. The van der Waals surface area contributed by atoms with Gasteiger partial charge < -0.3 is 9.64 Å². The van der Waals surface area contributed by atoms with Crippen LogP contribution in [0, 0.1) is 11.7 Å². The van der Waals surface area contributed by atoms with Gasteiger partial charge in [0, 0.05) is 31.3 Å². The van der Waals surface area contributed by atoms with Crippen LogP contribution in [0.15, 0.2) is 36.5 Å². The third kappa shape index (κ3) is 4.70. The molecule has 1 fully saturated rings. The van der Waals surface area contributed by atoms with E-state index in [4.69, 9.17) is 4.74 Å². The molecule has 6 heteroatoms. The number of piperidine rings is 1. The number of carbonyl (C=O) groups excluding carboxylic acids is 2. The third-order valence-corrected chi connectivity index (χ3v) is 4.91. The van der Waals surface area contributed by atoms with Gasteiger partial charge in [-0.25, -0.2) is 9.37 Å². The number of hydrogen-bond acceptors (Lipinski definition) is 5. The van der Waals surface area contributed by atoms with E-state index in [9.17, 15) is 14.0 Å². The summed E-state index contributed by atoms with van der Waals surface area (Å²) in [6.07, 6.45) is 4.57. The Morgan fingerprint density at radius 1 is 1.26 bits per heavy atom. The van der Waals surface area contributed by atoms with Gasteiger partial charge >= 0.3 is 5.97 Å². The largest absolute Gasteiger partial charge is 0.466 e. The van der Waals surface area contributed by atoms with Gasteiger partial charge in [0.2, 0.25) is 0 Å². The number of anilines is 1. The summed E-state index contributed by atoms with van der Waals surface area (Å²) in [4.78, 5) is 29.0. The van der Waals surface area contributed by atoms with Gasteiger partial charge in [0.15, 0.2) is 6.29 Å². The van der Waals surface area contributed by atoms with Crippen molar-refractivity contribution in [3.8, 4) is 11.1 Å². The van der Waals surface area contributed by atoms with E-state index in [1.54, 1.807) is 12.3 Å². The van der Waals surface area contributed by atoms with Crippen molar-refractivity contribution in [1.82, 2.24) is 4.98 Å². The van der Waals surface area contributed by atoms with E-state index >= 15 is 0 Å². The number of ether oxygens (including phenoxy) is 1. The minimum absolute atomic E-state index is 0.0500. The molecule has 142 valence electrons. The number of carbonyl (C=O) groups is 2. The molecule has 0 spiro atoms. The summed E-state index contributed by atoms with van der Waals surface area (Å²) in [5.41, 5.74) is 1.53. The maximum absolute atomic E-state index is 13.8. The van der Waals surface area contributed by atoms with Crippen molar-refractivity contribution in [2.45, 2.75) is 26.2 Å². The summed E-state index contributed by atoms with van der Waals surface area (Å²) < 4.78 is 18.8. The normalized spacial score (nSPS) is 14.8. The molecule has 1 aromatic heterocycles. The minimum Gasteiger partial charge on any atom is -0.466 e. The van der Waals surface area contributed by atoms with Crippen LogP contribution in [0.5, 0.6) is 0 Å². The predicted octanol–water partition coefficient (Wildman–Crippen LogP) is 3.87. The Hall–Kier alpha value is -2.76. The van der Waals surface area contributed by atoms with Gasteiger partial charge in [-0.15, -0.1) is 0 Å². The number of rotatable bonds is 6. The van der Waals surface area contributed by atoms with Crippen molar-refractivity contribution in [2.24, 2.45) is 5.92 Å². The van der Waals surface area contributed by atoms with Crippen molar-refractivity contribution in [3.63, 3.8) is 0 Å². The van der Waals surface area contributed by atoms with Gasteiger partial charge in [-0.05, 0) is 55.5 Å². The Morgan fingerprint density at radius 2 is 2.00 bits per heavy atom. The number of benzene rings is 1. The molecule has 0 N–H and O–H groups in total. The average Bonchev–Trinajstić information content (AvgIpc) is 2.69. The van der Waals surface area contributed by atoms with Crippen molar-refractivity contribution in [3.05, 3.63) is 47.9 Å². The smallest absolute Gasteiger partial charge is 0.306 e. The molecule has 2 aromatic rings. The second kappa shape index (κ2) is 8.75. The van der Waals surface area contributed by atoms with Crippen LogP contribution in [0.25, 0.3) is 11.1 Å². The molecule has 1 saturated heterocycles. The number of halogens is 1. The highest BCUT2D eigenvalue weighted by atomic mass is 19.1. The first-order valence-corrected chi connectivity index (χ1v) is 9.22. The zero-order valence-electron chi connectivity index (χ0n) is 15.4. The summed E-state index contributed by atoms with van der Waals surface area (Å²) in [6.45, 7) is 3.94. The zero-order chi connectivity index (χ0) is 19.2. The molecule has 0 unspecified atom stereocenters. The van der Waals surface area contributed by atoms with Crippen LogP contribution in [0.3, 0.4) is 0 Å². The molecule has 0 amide bonds. The van der Waals surface area contributed by atoms with E-state index in [0.717, 1.165) is 37.3 Å². The number of pyridine rings is 1. The lowest BCUT2D eigenvalue weighted by Gasteiger charge is -2.32. The van der Waals surface area contributed by atoms with Crippen molar-refractivity contribution in [2.75, 3.05) is 24.6 Å². The van der Waals surface area contributed by atoms with Crippen LogP contribution >= 0.6 is 0 Å². The summed E-state index contributed by atoms with van der Waals surface area (Å²) in [7, 11) is 0. The van der Waals surface area contributed by atoms with E-state index in [1.165, 1.54) is 12.1 Å². The van der Waals surface area contributed by atoms with Gasteiger partial charge in [-0.2, -0.15) is 0 Å². The van der Waals surface area contributed by atoms with E-state index in [0.29, 0.717) is 30.8 Å². The average molecular weight is 370 g/mol. The minimum atomic E-state index is -0.532. The van der Waals surface area contributed by atoms with Gasteiger partial charge in [-0.3, -0.25) is 9.59 Å². The fraction of sp³-hybridized carbons (Fsp3) is 0.381. The van der Waals surface area contributed by atoms with Crippen LogP contribution in [-0.4, -0.2) is 36.9 Å². The molecular formula is C21H23FN2O3. The summed E-state index contributed by atoms with van der Waals surface area (Å²) in [5, 5.41) is 0. The first-order valence-electron chi connectivity index (χ1n) is 9.22. The van der Waals surface area contributed by atoms with Crippen molar-refractivity contribution in [1.29, 1.82) is 0 Å². The molecule has 0 bridgehead atoms. The highest BCUT2D eigenvalue weighted by Gasteiger charge is 2.22. The molecule has 3 rings (SSSR count). The van der Waals surface area contributed by atoms with Crippen molar-refractivity contribution >= 4 is 18.1 Å². The Kier molecular flexibility index (Phi) is 6.16. The second-order valence-corrected chi connectivity index (χ2v) is 6.70. The molecule has 27 heavy (non-hydrogen) atoms. The maximum atomic E-state index is 13.8. The molecule has 2 heterocycles. The fourth-order valence-electron chi connectivity index (χ4n) is 3.37. The summed E-state index contributed by atoms with van der Waals surface area (Å²) >= 11 is 0. The molecular weight excluding hydrogens is 347 g/mol. The summed E-state index contributed by atoms with van der Waals surface area (Å²) in [5.74, 6) is 0.582. The lowest BCUT2D eigenvalue weighted by atomic mass is 9.93. The molecule has 0 radical (unpaired) electrons. The predicted molar refractivity (Wildman–Crippen MR) is 101 cm³/mol. The lowest BCUT2D eigenvalue weighted by Crippen LogP contribution is -2.35. The first kappa shape index (κ1) is 19.0. The van der Waals surface area contributed by atoms with Gasteiger partial charge in [0.25, 0.3) is 0 Å². The Labute approximate surface area is 158 Å². The van der Waals surface area contributed by atoms with Gasteiger partial charge in [-0.1, -0.05) is 6.07 Å². The quantitative estimate of drug-likeness (QED) is 0.571. The Morgan fingerprint density at radius 3 is 2.59 bits per heavy atom. The number of aromatic nitrogens is 1. The number of esters is 1. The standard InChI is InChI=1S/C21H23FN2O3/c1-2-27-21(26)11-15-7-9-24(10-8-15)20-6-5-17(13-23-20)16-3-4-18(14-25)19(22)12-16/h3-6,12-15H,2,7-11H2,1H3. The highest BCUT2D eigenvalue weighted by molar-refractivity contribution is 5.77. The molecule has 5 nitrogen and oxygen atoms in total. The lowest BCUT2D eigenvalue weighted by molar-refractivity contribution is -0.144. The third-order valence-electron chi connectivity index (χ3n) is 4.91. The topological polar surface area (TPSA) is 59.5 Å². The van der Waals surface area contributed by atoms with Crippen LogP contribution < -0.4 is 4.90 Å². The van der Waals surface area contributed by atoms with Crippen LogP contribution in [0.1, 0.15) is 36.5 Å². The van der Waals surface area contributed by atoms with Crippen LogP contribution in [0.4, 0.5) is 10.2 Å². The monoisotopic (exact) mass is 370 g/mol. The summed E-state index contributed by atoms with van der Waals surface area (Å²) in [6, 6.07) is 8.36. The molecule has 1 aliphatic rings. The van der Waals surface area contributed by atoms with Gasteiger partial charge in [0.1, 0.15) is 11.6 Å². The number of aldehydes is 1. The van der Waals surface area contributed by atoms with Gasteiger partial charge in [0.05, 0.1) is 12.2 Å². The molecule has 0 atom stereocenters.